The van der Waals surface area contributed by atoms with Crippen molar-refractivity contribution in [2.24, 2.45) is 0 Å². The van der Waals surface area contributed by atoms with Crippen LogP contribution in [0.2, 0.25) is 0 Å². The lowest BCUT2D eigenvalue weighted by molar-refractivity contribution is -0.144. The minimum Gasteiger partial charge on any atom is -0.494 e. The topological polar surface area (TPSA) is 64.6 Å². The lowest BCUT2D eigenvalue weighted by Gasteiger charge is -2.08. The quantitative estimate of drug-likeness (QED) is 0.571. The number of para-hydroxylation sites is 1. The van der Waals surface area contributed by atoms with Gasteiger partial charge in [-0.15, -0.1) is 0 Å². The van der Waals surface area contributed by atoms with Crippen LogP contribution in [0.1, 0.15) is 28.4 Å². The Kier molecular flexibility index (Phi) is 7.00. The smallest absolute Gasteiger partial charge is 0.310 e. The molecule has 5 heteroatoms. The molecule has 0 aromatic heterocycles. The van der Waals surface area contributed by atoms with Crippen molar-refractivity contribution in [3.8, 4) is 5.75 Å². The number of hydrogen-bond donors (Lipinski definition) is 1. The second-order valence-corrected chi connectivity index (χ2v) is 6.43. The van der Waals surface area contributed by atoms with Crippen molar-refractivity contribution in [3.05, 3.63) is 95.6 Å². The van der Waals surface area contributed by atoms with Gasteiger partial charge in [-0.25, -0.2) is 0 Å². The molecular formula is C24H23NO4. The predicted molar refractivity (Wildman–Crippen MR) is 112 cm³/mol. The molecule has 1 amide bonds. The molecule has 0 aliphatic heterocycles. The summed E-state index contributed by atoms with van der Waals surface area (Å²) in [5.74, 6) is 0.288. The summed E-state index contributed by atoms with van der Waals surface area (Å²) < 4.78 is 10.7. The second-order valence-electron chi connectivity index (χ2n) is 6.43. The van der Waals surface area contributed by atoms with Crippen LogP contribution in [-0.2, 0) is 22.6 Å². The van der Waals surface area contributed by atoms with Crippen molar-refractivity contribution in [1.29, 1.82) is 0 Å². The Morgan fingerprint density at radius 3 is 2.14 bits per heavy atom. The fourth-order valence-electron chi connectivity index (χ4n) is 2.73. The molecule has 0 fully saturated rings. The largest absolute Gasteiger partial charge is 0.494 e. The van der Waals surface area contributed by atoms with Crippen LogP contribution in [0.25, 0.3) is 0 Å². The van der Waals surface area contributed by atoms with Gasteiger partial charge < -0.3 is 14.8 Å². The molecule has 0 spiro atoms. The van der Waals surface area contributed by atoms with Gasteiger partial charge in [-0.2, -0.15) is 0 Å². The zero-order valence-corrected chi connectivity index (χ0v) is 16.3. The molecule has 1 N–H and O–H groups in total. The molecule has 0 radical (unpaired) electrons. The number of rotatable bonds is 8. The van der Waals surface area contributed by atoms with E-state index in [0.717, 1.165) is 22.6 Å². The van der Waals surface area contributed by atoms with Gasteiger partial charge in [0.15, 0.2) is 0 Å². The van der Waals surface area contributed by atoms with Crippen molar-refractivity contribution in [1.82, 2.24) is 0 Å². The Morgan fingerprint density at radius 2 is 1.48 bits per heavy atom. The maximum atomic E-state index is 12.3. The molecule has 0 atom stereocenters. The number of benzene rings is 3. The number of esters is 1. The van der Waals surface area contributed by atoms with Crippen molar-refractivity contribution < 1.29 is 19.1 Å². The normalized spacial score (nSPS) is 10.2. The summed E-state index contributed by atoms with van der Waals surface area (Å²) in [6.45, 7) is 2.69. The molecule has 3 aromatic carbocycles. The number of amides is 1. The van der Waals surface area contributed by atoms with Crippen LogP contribution in [-0.4, -0.2) is 18.5 Å². The van der Waals surface area contributed by atoms with Gasteiger partial charge in [0.1, 0.15) is 12.4 Å². The van der Waals surface area contributed by atoms with E-state index in [2.05, 4.69) is 5.32 Å². The summed E-state index contributed by atoms with van der Waals surface area (Å²) in [5, 5.41) is 2.83. The highest BCUT2D eigenvalue weighted by Crippen LogP contribution is 2.14. The van der Waals surface area contributed by atoms with Gasteiger partial charge in [-0.3, -0.25) is 9.59 Å². The predicted octanol–water partition coefficient (Wildman–Crippen LogP) is 4.62. The Labute approximate surface area is 170 Å². The van der Waals surface area contributed by atoms with Crippen LogP contribution in [0.15, 0.2) is 78.9 Å². The molecular weight excluding hydrogens is 366 g/mol. The summed E-state index contributed by atoms with van der Waals surface area (Å²) in [7, 11) is 0. The number of hydrogen-bond acceptors (Lipinski definition) is 4. The van der Waals surface area contributed by atoms with Crippen molar-refractivity contribution in [2.75, 3.05) is 11.9 Å². The van der Waals surface area contributed by atoms with E-state index in [4.69, 9.17) is 9.47 Å². The molecule has 0 saturated heterocycles. The molecule has 0 unspecified atom stereocenters. The minimum atomic E-state index is -0.306. The van der Waals surface area contributed by atoms with Crippen molar-refractivity contribution in [3.63, 3.8) is 0 Å². The Bertz CT molecular complexity index is 935. The van der Waals surface area contributed by atoms with E-state index in [1.807, 2.05) is 61.5 Å². The third-order valence-electron chi connectivity index (χ3n) is 4.23. The first-order chi connectivity index (χ1) is 14.1. The van der Waals surface area contributed by atoms with E-state index in [9.17, 15) is 9.59 Å². The standard InChI is InChI=1S/C24H23NO4/c1-2-28-22-14-10-18(11-15-22)16-23(26)29-17-19-8-12-20(13-9-19)24(27)25-21-6-4-3-5-7-21/h3-15H,2,16-17H2,1H3,(H,25,27). The van der Waals surface area contributed by atoms with Crippen LogP contribution < -0.4 is 10.1 Å². The first-order valence-electron chi connectivity index (χ1n) is 9.47. The van der Waals surface area contributed by atoms with Crippen molar-refractivity contribution in [2.45, 2.75) is 20.0 Å². The Hall–Kier alpha value is -3.60. The summed E-state index contributed by atoms with van der Waals surface area (Å²) in [5.41, 5.74) is 2.97. The highest BCUT2D eigenvalue weighted by molar-refractivity contribution is 6.04. The highest BCUT2D eigenvalue weighted by Gasteiger charge is 2.08. The lowest BCUT2D eigenvalue weighted by Crippen LogP contribution is -2.12. The van der Waals surface area contributed by atoms with E-state index >= 15 is 0 Å². The fraction of sp³-hybridized carbons (Fsp3) is 0.167. The van der Waals surface area contributed by atoms with Crippen LogP contribution in [0, 0.1) is 0 Å². The van der Waals surface area contributed by atoms with Gasteiger partial charge in [0.25, 0.3) is 5.91 Å². The van der Waals surface area contributed by atoms with Crippen LogP contribution in [0.5, 0.6) is 5.75 Å². The molecule has 5 nitrogen and oxygen atoms in total. The second kappa shape index (κ2) is 10.1. The Morgan fingerprint density at radius 1 is 0.828 bits per heavy atom. The van der Waals surface area contributed by atoms with Gasteiger partial charge in [0.2, 0.25) is 0 Å². The summed E-state index contributed by atoms with van der Waals surface area (Å²) >= 11 is 0. The van der Waals surface area contributed by atoms with Crippen LogP contribution in [0.3, 0.4) is 0 Å². The lowest BCUT2D eigenvalue weighted by atomic mass is 10.1. The molecule has 0 saturated carbocycles. The molecule has 0 aliphatic rings. The molecule has 3 rings (SSSR count). The third kappa shape index (κ3) is 6.21. The van der Waals surface area contributed by atoms with Gasteiger partial charge in [-0.05, 0) is 54.4 Å². The summed E-state index contributed by atoms with van der Waals surface area (Å²) in [4.78, 5) is 24.3. The molecule has 0 bridgehead atoms. The Balaban J connectivity index is 1.48. The van der Waals surface area contributed by atoms with E-state index in [1.165, 1.54) is 0 Å². The number of carbonyl (C=O) groups excluding carboxylic acids is 2. The zero-order valence-electron chi connectivity index (χ0n) is 16.3. The van der Waals surface area contributed by atoms with Gasteiger partial charge >= 0.3 is 5.97 Å². The van der Waals surface area contributed by atoms with E-state index in [-0.39, 0.29) is 24.9 Å². The van der Waals surface area contributed by atoms with E-state index in [1.54, 1.807) is 24.3 Å². The van der Waals surface area contributed by atoms with Crippen LogP contribution >= 0.6 is 0 Å². The molecule has 3 aromatic rings. The molecule has 148 valence electrons. The highest BCUT2D eigenvalue weighted by atomic mass is 16.5. The van der Waals surface area contributed by atoms with Crippen LogP contribution in [0.4, 0.5) is 5.69 Å². The molecule has 29 heavy (non-hydrogen) atoms. The van der Waals surface area contributed by atoms with Gasteiger partial charge in [0.05, 0.1) is 13.0 Å². The van der Waals surface area contributed by atoms with E-state index in [0.29, 0.717) is 12.2 Å². The fourth-order valence-corrected chi connectivity index (χ4v) is 2.73. The SMILES string of the molecule is CCOc1ccc(CC(=O)OCc2ccc(C(=O)Nc3ccccc3)cc2)cc1. The number of carbonyl (C=O) groups is 2. The first-order valence-corrected chi connectivity index (χ1v) is 9.47. The van der Waals surface area contributed by atoms with Crippen molar-refractivity contribution >= 4 is 17.6 Å². The first kappa shape index (κ1) is 20.1. The maximum absolute atomic E-state index is 12.3. The van der Waals surface area contributed by atoms with E-state index < -0.39 is 0 Å². The minimum absolute atomic E-state index is 0.163. The number of anilines is 1. The summed E-state index contributed by atoms with van der Waals surface area (Å²) in [6, 6.07) is 23.7. The molecule has 0 aliphatic carbocycles. The molecule has 0 heterocycles. The average Bonchev–Trinajstić information content (AvgIpc) is 2.75. The summed E-state index contributed by atoms with van der Waals surface area (Å²) in [6.07, 6.45) is 0.198. The maximum Gasteiger partial charge on any atom is 0.310 e. The number of nitrogens with one attached hydrogen (secondary N) is 1. The van der Waals surface area contributed by atoms with Gasteiger partial charge in [-0.1, -0.05) is 42.5 Å². The number of ether oxygens (including phenoxy) is 2. The third-order valence-corrected chi connectivity index (χ3v) is 4.23. The zero-order chi connectivity index (χ0) is 20.5. The van der Waals surface area contributed by atoms with Gasteiger partial charge in [0, 0.05) is 11.3 Å². The monoisotopic (exact) mass is 389 g/mol. The average molecular weight is 389 g/mol.